The Morgan fingerprint density at radius 2 is 1.57 bits per heavy atom. The summed E-state index contributed by atoms with van der Waals surface area (Å²) in [4.78, 5) is 0. The molecule has 0 spiro atoms. The minimum atomic E-state index is -0.456. The molecule has 152 valence electrons. The third-order valence-electron chi connectivity index (χ3n) is 4.95. The number of furan rings is 1. The second kappa shape index (κ2) is 8.56. The average molecular weight is 402 g/mol. The molecule has 1 N–H and O–H groups in total. The van der Waals surface area contributed by atoms with E-state index in [1.807, 2.05) is 62.4 Å². The van der Waals surface area contributed by atoms with Crippen molar-refractivity contribution >= 4 is 0 Å². The average Bonchev–Trinajstić information content (AvgIpc) is 3.17. The number of aliphatic hydroxyl groups excluding tert-OH is 1. The number of ether oxygens (including phenoxy) is 1. The number of rotatable bonds is 6. The van der Waals surface area contributed by atoms with Crippen LogP contribution in [-0.2, 0) is 6.61 Å². The molecule has 1 heterocycles. The molecule has 0 saturated carbocycles. The van der Waals surface area contributed by atoms with E-state index in [0.717, 1.165) is 22.5 Å². The van der Waals surface area contributed by atoms with E-state index in [2.05, 4.69) is 0 Å². The first-order valence-electron chi connectivity index (χ1n) is 9.93. The molecule has 1 aromatic heterocycles. The van der Waals surface area contributed by atoms with Crippen LogP contribution >= 0.6 is 0 Å². The first kappa shape index (κ1) is 19.9. The zero-order valence-corrected chi connectivity index (χ0v) is 16.9. The molecule has 4 aromatic rings. The van der Waals surface area contributed by atoms with Gasteiger partial charge in [-0.25, -0.2) is 4.39 Å². The molecule has 0 aliphatic rings. The van der Waals surface area contributed by atoms with Crippen LogP contribution in [0.2, 0.25) is 0 Å². The quantitative estimate of drug-likeness (QED) is 0.372. The van der Waals surface area contributed by atoms with E-state index in [9.17, 15) is 9.50 Å². The molecule has 30 heavy (non-hydrogen) atoms. The van der Waals surface area contributed by atoms with Crippen LogP contribution in [0.3, 0.4) is 0 Å². The van der Waals surface area contributed by atoms with Crippen molar-refractivity contribution in [3.63, 3.8) is 0 Å². The van der Waals surface area contributed by atoms with Gasteiger partial charge >= 0.3 is 0 Å². The molecule has 0 saturated heterocycles. The summed E-state index contributed by atoms with van der Waals surface area (Å²) < 4.78 is 26.5. The smallest absolute Gasteiger partial charge is 0.165 e. The van der Waals surface area contributed by atoms with Crippen LogP contribution in [0.25, 0.3) is 22.5 Å². The van der Waals surface area contributed by atoms with E-state index >= 15 is 0 Å². The van der Waals surface area contributed by atoms with E-state index in [1.165, 1.54) is 6.07 Å². The standard InChI is InChI=1S/C26H23FO3/c1-17(2)25-21(16-28)24(26(30-25)18-9-5-3-6-10-18)19-13-14-22(27)23(15-19)29-20-11-7-4-8-12-20/h3-15,17,28H,16H2,1-2H3. The maximum absolute atomic E-state index is 14.5. The third kappa shape index (κ3) is 3.87. The van der Waals surface area contributed by atoms with Crippen molar-refractivity contribution in [2.24, 2.45) is 0 Å². The second-order valence-corrected chi connectivity index (χ2v) is 7.39. The number of benzene rings is 3. The molecule has 0 amide bonds. The Kier molecular flexibility index (Phi) is 5.68. The van der Waals surface area contributed by atoms with Crippen molar-refractivity contribution in [3.8, 4) is 33.9 Å². The van der Waals surface area contributed by atoms with Crippen molar-refractivity contribution in [2.75, 3.05) is 0 Å². The predicted molar refractivity (Wildman–Crippen MR) is 116 cm³/mol. The lowest BCUT2D eigenvalue weighted by Gasteiger charge is -2.11. The molecule has 3 nitrogen and oxygen atoms in total. The largest absolute Gasteiger partial charge is 0.460 e. The maximum atomic E-state index is 14.5. The van der Waals surface area contributed by atoms with Gasteiger partial charge in [0, 0.05) is 22.6 Å². The van der Waals surface area contributed by atoms with Gasteiger partial charge in [-0.2, -0.15) is 0 Å². The molecular formula is C26H23FO3. The molecule has 3 aromatic carbocycles. The lowest BCUT2D eigenvalue weighted by molar-refractivity contribution is 0.277. The molecule has 0 aliphatic heterocycles. The van der Waals surface area contributed by atoms with Gasteiger partial charge in [0.15, 0.2) is 11.6 Å². The summed E-state index contributed by atoms with van der Waals surface area (Å²) in [5.41, 5.74) is 3.08. The van der Waals surface area contributed by atoms with Gasteiger partial charge < -0.3 is 14.3 Å². The van der Waals surface area contributed by atoms with Crippen molar-refractivity contribution in [2.45, 2.75) is 26.4 Å². The molecule has 4 rings (SSSR count). The zero-order chi connectivity index (χ0) is 21.1. The van der Waals surface area contributed by atoms with Crippen LogP contribution in [0.15, 0.2) is 83.3 Å². The molecule has 0 fully saturated rings. The Labute approximate surface area is 175 Å². The van der Waals surface area contributed by atoms with Gasteiger partial charge in [0.1, 0.15) is 17.3 Å². The fraction of sp³-hybridized carbons (Fsp3) is 0.154. The predicted octanol–water partition coefficient (Wildman–Crippen LogP) is 7.16. The van der Waals surface area contributed by atoms with Crippen LogP contribution in [0, 0.1) is 5.82 Å². The molecule has 0 atom stereocenters. The van der Waals surface area contributed by atoms with E-state index in [1.54, 1.807) is 24.3 Å². The van der Waals surface area contributed by atoms with Gasteiger partial charge in [-0.3, -0.25) is 0 Å². The first-order chi connectivity index (χ1) is 14.6. The summed E-state index contributed by atoms with van der Waals surface area (Å²) in [5, 5.41) is 10.2. The number of hydrogen-bond donors (Lipinski definition) is 1. The highest BCUT2D eigenvalue weighted by Crippen LogP contribution is 2.43. The molecule has 4 heteroatoms. The van der Waals surface area contributed by atoms with Crippen LogP contribution < -0.4 is 4.74 Å². The van der Waals surface area contributed by atoms with E-state index < -0.39 is 5.82 Å². The van der Waals surface area contributed by atoms with Crippen LogP contribution in [0.4, 0.5) is 4.39 Å². The first-order valence-corrected chi connectivity index (χ1v) is 9.93. The minimum Gasteiger partial charge on any atom is -0.460 e. The highest BCUT2D eigenvalue weighted by molar-refractivity contribution is 5.84. The Morgan fingerprint density at radius 1 is 0.900 bits per heavy atom. The number of halogens is 1. The van der Waals surface area contributed by atoms with Crippen LogP contribution in [0.5, 0.6) is 11.5 Å². The highest BCUT2D eigenvalue weighted by atomic mass is 19.1. The summed E-state index contributed by atoms with van der Waals surface area (Å²) >= 11 is 0. The highest BCUT2D eigenvalue weighted by Gasteiger charge is 2.24. The third-order valence-corrected chi connectivity index (χ3v) is 4.95. The molecule has 0 radical (unpaired) electrons. The van der Waals surface area contributed by atoms with Crippen molar-refractivity contribution in [1.29, 1.82) is 0 Å². The van der Waals surface area contributed by atoms with Crippen LogP contribution in [0.1, 0.15) is 31.1 Å². The lowest BCUT2D eigenvalue weighted by Crippen LogP contribution is -1.95. The van der Waals surface area contributed by atoms with Gasteiger partial charge in [-0.15, -0.1) is 0 Å². The number of aliphatic hydroxyl groups is 1. The van der Waals surface area contributed by atoms with E-state index in [4.69, 9.17) is 9.15 Å². The van der Waals surface area contributed by atoms with Gasteiger partial charge in [0.2, 0.25) is 0 Å². The van der Waals surface area contributed by atoms with Crippen molar-refractivity contribution < 1.29 is 18.7 Å². The Hall–Kier alpha value is -3.37. The molecule has 0 unspecified atom stereocenters. The minimum absolute atomic E-state index is 0.0869. The topological polar surface area (TPSA) is 42.6 Å². The molecular weight excluding hydrogens is 379 g/mol. The number of hydrogen-bond acceptors (Lipinski definition) is 3. The molecule has 0 bridgehead atoms. The zero-order valence-electron chi connectivity index (χ0n) is 16.9. The lowest BCUT2D eigenvalue weighted by atomic mass is 9.95. The normalized spacial score (nSPS) is 11.1. The SMILES string of the molecule is CC(C)c1oc(-c2ccccc2)c(-c2ccc(F)c(Oc3ccccc3)c2)c1CO. The number of para-hydroxylation sites is 1. The summed E-state index contributed by atoms with van der Waals surface area (Å²) in [5.74, 6) is 1.68. The summed E-state index contributed by atoms with van der Waals surface area (Å²) in [6.45, 7) is 3.86. The maximum Gasteiger partial charge on any atom is 0.165 e. The Balaban J connectivity index is 1.88. The van der Waals surface area contributed by atoms with Crippen molar-refractivity contribution in [3.05, 3.63) is 96.0 Å². The van der Waals surface area contributed by atoms with Gasteiger partial charge in [0.05, 0.1) is 6.61 Å². The molecule has 0 aliphatic carbocycles. The van der Waals surface area contributed by atoms with E-state index in [-0.39, 0.29) is 18.3 Å². The second-order valence-electron chi connectivity index (χ2n) is 7.39. The summed E-state index contributed by atoms with van der Waals surface area (Å²) in [6, 6.07) is 23.5. The van der Waals surface area contributed by atoms with Gasteiger partial charge in [-0.05, 0) is 29.8 Å². The van der Waals surface area contributed by atoms with Crippen molar-refractivity contribution in [1.82, 2.24) is 0 Å². The fourth-order valence-corrected chi connectivity index (χ4v) is 3.56. The van der Waals surface area contributed by atoms with E-state index in [0.29, 0.717) is 17.1 Å². The monoisotopic (exact) mass is 402 g/mol. The Bertz CT molecular complexity index is 1130. The van der Waals surface area contributed by atoms with Crippen LogP contribution in [-0.4, -0.2) is 5.11 Å². The van der Waals surface area contributed by atoms with Gasteiger partial charge in [-0.1, -0.05) is 68.4 Å². The summed E-state index contributed by atoms with van der Waals surface area (Å²) in [7, 11) is 0. The Morgan fingerprint density at radius 3 is 2.20 bits per heavy atom. The fourth-order valence-electron chi connectivity index (χ4n) is 3.56. The van der Waals surface area contributed by atoms with Gasteiger partial charge in [0.25, 0.3) is 0 Å². The summed E-state index contributed by atoms with van der Waals surface area (Å²) in [6.07, 6.45) is 0.